The molecule has 0 amide bonds. The van der Waals surface area contributed by atoms with Crippen LogP contribution < -0.4 is 4.90 Å². The van der Waals surface area contributed by atoms with E-state index in [1.165, 1.54) is 0 Å². The summed E-state index contributed by atoms with van der Waals surface area (Å²) in [7, 11) is 1.91. The van der Waals surface area contributed by atoms with Crippen molar-refractivity contribution in [2.75, 3.05) is 11.9 Å². The summed E-state index contributed by atoms with van der Waals surface area (Å²) in [6, 6.07) is 7.73. The molecule has 2 atom stereocenters. The Balaban J connectivity index is 2.96. The van der Waals surface area contributed by atoms with Gasteiger partial charge in [-0.1, -0.05) is 17.7 Å². The Kier molecular flexibility index (Phi) is 4.80. The molecule has 1 rings (SSSR count). The minimum Gasteiger partial charge on any atom is -0.389 e. The van der Waals surface area contributed by atoms with Crippen LogP contribution in [0, 0.1) is 11.3 Å². The van der Waals surface area contributed by atoms with Gasteiger partial charge in [-0.15, -0.1) is 0 Å². The fraction of sp³-hybridized carbons (Fsp3) is 0.462. The second kappa shape index (κ2) is 5.90. The highest BCUT2D eigenvalue weighted by Gasteiger charge is 2.13. The number of aliphatic hydroxyl groups is 1. The normalized spacial score (nSPS) is 13.9. The first-order valence-corrected chi connectivity index (χ1v) is 5.92. The maximum atomic E-state index is 9.46. The van der Waals surface area contributed by atoms with Gasteiger partial charge in [0.05, 0.1) is 29.3 Å². The molecule has 3 nitrogen and oxygen atoms in total. The predicted molar refractivity (Wildman–Crippen MR) is 70.2 cm³/mol. The van der Waals surface area contributed by atoms with Crippen LogP contribution in [0.1, 0.15) is 31.9 Å². The summed E-state index contributed by atoms with van der Waals surface area (Å²) in [5.41, 5.74) is 1.67. The van der Waals surface area contributed by atoms with Gasteiger partial charge < -0.3 is 10.0 Å². The topological polar surface area (TPSA) is 47.3 Å². The van der Waals surface area contributed by atoms with E-state index >= 15 is 0 Å². The molecule has 1 aromatic rings. The number of aliphatic hydroxyl groups excluding tert-OH is 1. The molecule has 0 heterocycles. The molecule has 0 aliphatic carbocycles. The molecule has 0 saturated carbocycles. The van der Waals surface area contributed by atoms with Crippen LogP contribution in [0.3, 0.4) is 0 Å². The average Bonchev–Trinajstić information content (AvgIpc) is 2.28. The van der Waals surface area contributed by atoms with Gasteiger partial charge >= 0.3 is 0 Å². The summed E-state index contributed by atoms with van der Waals surface area (Å²) in [5.74, 6) is 0. The Morgan fingerprint density at radius 1 is 1.47 bits per heavy atom. The van der Waals surface area contributed by atoms with Gasteiger partial charge in [0.2, 0.25) is 0 Å². The van der Waals surface area contributed by atoms with E-state index in [-0.39, 0.29) is 6.04 Å². The number of rotatable bonds is 4. The monoisotopic (exact) mass is 252 g/mol. The molecule has 92 valence electrons. The zero-order valence-electron chi connectivity index (χ0n) is 10.3. The van der Waals surface area contributed by atoms with Gasteiger partial charge in [0.1, 0.15) is 0 Å². The van der Waals surface area contributed by atoms with Crippen LogP contribution in [0.25, 0.3) is 0 Å². The molecule has 4 heteroatoms. The first kappa shape index (κ1) is 13.8. The van der Waals surface area contributed by atoms with E-state index in [4.69, 9.17) is 16.9 Å². The molecule has 0 aliphatic heterocycles. The Labute approximate surface area is 107 Å². The summed E-state index contributed by atoms with van der Waals surface area (Å²) in [6.07, 6.45) is -0.0753. The van der Waals surface area contributed by atoms with Crippen molar-refractivity contribution in [2.45, 2.75) is 32.4 Å². The molecule has 17 heavy (non-hydrogen) atoms. The van der Waals surface area contributed by atoms with E-state index < -0.39 is 6.10 Å². The fourth-order valence-corrected chi connectivity index (χ4v) is 1.90. The van der Waals surface area contributed by atoms with Crippen molar-refractivity contribution in [1.29, 1.82) is 5.26 Å². The second-order valence-corrected chi connectivity index (χ2v) is 4.62. The van der Waals surface area contributed by atoms with Crippen molar-refractivity contribution in [1.82, 2.24) is 0 Å². The quantitative estimate of drug-likeness (QED) is 0.896. The lowest BCUT2D eigenvalue weighted by atomic mass is 10.1. The van der Waals surface area contributed by atoms with Crippen LogP contribution in [0.4, 0.5) is 5.69 Å². The molecule has 1 aromatic carbocycles. The Morgan fingerprint density at radius 2 is 2.12 bits per heavy atom. The van der Waals surface area contributed by atoms with Gasteiger partial charge in [-0.2, -0.15) is 5.26 Å². The van der Waals surface area contributed by atoms with Gasteiger partial charge in [-0.25, -0.2) is 0 Å². The van der Waals surface area contributed by atoms with Crippen molar-refractivity contribution in [3.05, 3.63) is 28.8 Å². The smallest absolute Gasteiger partial charge is 0.0762 e. The molecule has 0 spiro atoms. The molecule has 0 radical (unpaired) electrons. The minimum atomic E-state index is -0.525. The molecule has 0 fully saturated rings. The predicted octanol–water partition coefficient (Wildman–Crippen LogP) is 3.13. The first-order valence-electron chi connectivity index (χ1n) is 5.54. The summed E-state index contributed by atoms with van der Waals surface area (Å²) >= 11 is 6.18. The zero-order valence-corrected chi connectivity index (χ0v) is 11.1. The van der Waals surface area contributed by atoms with Crippen molar-refractivity contribution in [2.24, 2.45) is 0 Å². The van der Waals surface area contributed by atoms with Crippen LogP contribution in [-0.4, -0.2) is 18.2 Å². The number of halogens is 1. The van der Waals surface area contributed by atoms with Crippen molar-refractivity contribution >= 4 is 17.3 Å². The molecule has 0 aromatic heterocycles. The van der Waals surface area contributed by atoms with E-state index in [0.717, 1.165) is 11.3 Å². The highest BCUT2D eigenvalue weighted by Crippen LogP contribution is 2.29. The fourth-order valence-electron chi connectivity index (χ4n) is 1.58. The van der Waals surface area contributed by atoms with Gasteiger partial charge in [-0.05, 0) is 31.5 Å². The summed E-state index contributed by atoms with van der Waals surface area (Å²) < 4.78 is 0. The summed E-state index contributed by atoms with van der Waals surface area (Å²) in [4.78, 5) is 1.97. The third-order valence-electron chi connectivity index (χ3n) is 2.88. The van der Waals surface area contributed by atoms with E-state index in [0.29, 0.717) is 11.4 Å². The van der Waals surface area contributed by atoms with Crippen molar-refractivity contribution in [3.63, 3.8) is 0 Å². The standard InChI is InChI=1S/C13H17ClN2O/c1-9(6-7-15)16(3)13-5-4-11(10(2)17)8-12(13)14/h4-5,8-10,17H,6H2,1-3H3. The third kappa shape index (κ3) is 3.36. The van der Waals surface area contributed by atoms with Crippen LogP contribution >= 0.6 is 11.6 Å². The number of nitrogens with zero attached hydrogens (tertiary/aromatic N) is 2. The molecular formula is C13H17ClN2O. The minimum absolute atomic E-state index is 0.106. The highest BCUT2D eigenvalue weighted by molar-refractivity contribution is 6.33. The Hall–Kier alpha value is -1.24. The SMILES string of the molecule is CC(O)c1ccc(N(C)C(C)CC#N)c(Cl)c1. The molecule has 0 bridgehead atoms. The number of hydrogen-bond donors (Lipinski definition) is 1. The molecular weight excluding hydrogens is 236 g/mol. The van der Waals surface area contributed by atoms with Crippen molar-refractivity contribution in [3.8, 4) is 6.07 Å². The van der Waals surface area contributed by atoms with E-state index in [2.05, 4.69) is 6.07 Å². The Morgan fingerprint density at radius 3 is 2.59 bits per heavy atom. The lowest BCUT2D eigenvalue weighted by Gasteiger charge is -2.26. The Bertz CT molecular complexity index is 426. The number of benzene rings is 1. The summed E-state index contributed by atoms with van der Waals surface area (Å²) in [6.45, 7) is 3.68. The molecule has 2 unspecified atom stereocenters. The lowest BCUT2D eigenvalue weighted by molar-refractivity contribution is 0.199. The lowest BCUT2D eigenvalue weighted by Crippen LogP contribution is -2.28. The van der Waals surface area contributed by atoms with Gasteiger partial charge in [0.25, 0.3) is 0 Å². The zero-order chi connectivity index (χ0) is 13.0. The highest BCUT2D eigenvalue weighted by atomic mass is 35.5. The van der Waals surface area contributed by atoms with Gasteiger partial charge in [-0.3, -0.25) is 0 Å². The van der Waals surface area contributed by atoms with Gasteiger partial charge in [0, 0.05) is 13.1 Å². The van der Waals surface area contributed by atoms with E-state index in [1.54, 1.807) is 13.0 Å². The average molecular weight is 253 g/mol. The van der Waals surface area contributed by atoms with Crippen LogP contribution in [0.2, 0.25) is 5.02 Å². The number of hydrogen-bond acceptors (Lipinski definition) is 3. The first-order chi connectivity index (χ1) is 7.97. The van der Waals surface area contributed by atoms with E-state index in [1.807, 2.05) is 31.0 Å². The molecule has 0 aliphatic rings. The van der Waals surface area contributed by atoms with Crippen LogP contribution in [0.5, 0.6) is 0 Å². The maximum Gasteiger partial charge on any atom is 0.0762 e. The largest absolute Gasteiger partial charge is 0.389 e. The van der Waals surface area contributed by atoms with Gasteiger partial charge in [0.15, 0.2) is 0 Å². The second-order valence-electron chi connectivity index (χ2n) is 4.21. The molecule has 1 N–H and O–H groups in total. The number of anilines is 1. The third-order valence-corrected chi connectivity index (χ3v) is 3.18. The summed E-state index contributed by atoms with van der Waals surface area (Å²) in [5, 5.41) is 18.7. The van der Waals surface area contributed by atoms with Crippen LogP contribution in [0.15, 0.2) is 18.2 Å². The number of nitriles is 1. The van der Waals surface area contributed by atoms with Crippen LogP contribution in [-0.2, 0) is 0 Å². The molecule has 0 saturated heterocycles. The van der Waals surface area contributed by atoms with E-state index in [9.17, 15) is 5.11 Å². The van der Waals surface area contributed by atoms with Crippen molar-refractivity contribution < 1.29 is 5.11 Å². The maximum absolute atomic E-state index is 9.46.